The molecule has 1 aromatic heterocycles. The van der Waals surface area contributed by atoms with Crippen LogP contribution in [0.2, 0.25) is 0 Å². The Morgan fingerprint density at radius 2 is 1.74 bits per heavy atom. The molecule has 1 saturated heterocycles. The highest BCUT2D eigenvalue weighted by molar-refractivity contribution is 7.89. The first-order valence-corrected chi connectivity index (χ1v) is 11.3. The van der Waals surface area contributed by atoms with Crippen LogP contribution in [0.4, 0.5) is 5.13 Å². The van der Waals surface area contributed by atoms with E-state index in [1.807, 2.05) is 19.2 Å². The number of nitrogens with zero attached hydrogens (tertiary/aromatic N) is 4. The van der Waals surface area contributed by atoms with Gasteiger partial charge in [-0.2, -0.15) is 4.31 Å². The molecule has 27 heavy (non-hydrogen) atoms. The second-order valence-corrected chi connectivity index (χ2v) is 9.02. The highest BCUT2D eigenvalue weighted by Crippen LogP contribution is 2.21. The van der Waals surface area contributed by atoms with Crippen molar-refractivity contribution in [1.29, 1.82) is 0 Å². The van der Waals surface area contributed by atoms with Crippen LogP contribution in [0.25, 0.3) is 0 Å². The monoisotopic (exact) mass is 408 g/mol. The molecule has 0 spiro atoms. The highest BCUT2D eigenvalue weighted by atomic mass is 32.2. The predicted molar refractivity (Wildman–Crippen MR) is 107 cm³/mol. The third-order valence-corrected chi connectivity index (χ3v) is 7.60. The first-order chi connectivity index (χ1) is 13.0. The number of anilines is 1. The Morgan fingerprint density at radius 3 is 2.26 bits per heavy atom. The van der Waals surface area contributed by atoms with Crippen LogP contribution in [0.15, 0.2) is 40.7 Å². The molecule has 0 radical (unpaired) electrons. The molecule has 1 amide bonds. The van der Waals surface area contributed by atoms with Gasteiger partial charge in [0.05, 0.1) is 4.90 Å². The van der Waals surface area contributed by atoms with E-state index in [9.17, 15) is 13.2 Å². The van der Waals surface area contributed by atoms with Crippen LogP contribution < -0.4 is 4.90 Å². The Bertz CT molecular complexity index is 855. The van der Waals surface area contributed by atoms with Crippen LogP contribution in [-0.2, 0) is 10.0 Å². The van der Waals surface area contributed by atoms with Gasteiger partial charge in [-0.25, -0.2) is 13.4 Å². The molecule has 0 N–H and O–H groups in total. The zero-order valence-electron chi connectivity index (χ0n) is 15.5. The first-order valence-electron chi connectivity index (χ1n) is 9.01. The van der Waals surface area contributed by atoms with Crippen molar-refractivity contribution in [3.8, 4) is 0 Å². The van der Waals surface area contributed by atoms with Crippen molar-refractivity contribution in [1.82, 2.24) is 14.2 Å². The molecule has 1 aromatic carbocycles. The Labute approximate surface area is 164 Å². The zero-order valence-corrected chi connectivity index (χ0v) is 17.2. The number of hydrogen-bond donors (Lipinski definition) is 0. The molecule has 0 atom stereocenters. The molecule has 7 nitrogen and oxygen atoms in total. The van der Waals surface area contributed by atoms with Crippen molar-refractivity contribution in [2.75, 3.05) is 44.2 Å². The molecule has 1 aliphatic heterocycles. The zero-order chi connectivity index (χ0) is 19.4. The van der Waals surface area contributed by atoms with Crippen LogP contribution in [0.3, 0.4) is 0 Å². The second kappa shape index (κ2) is 8.37. The molecule has 2 aromatic rings. The van der Waals surface area contributed by atoms with Gasteiger partial charge in [-0.3, -0.25) is 4.79 Å². The maximum absolute atomic E-state index is 12.7. The lowest BCUT2D eigenvalue weighted by Crippen LogP contribution is -2.48. The van der Waals surface area contributed by atoms with Crippen LogP contribution in [-0.4, -0.2) is 67.8 Å². The molecule has 1 aliphatic rings. The minimum absolute atomic E-state index is 0.0689. The molecular formula is C18H24N4O3S2. The molecule has 9 heteroatoms. The Hall–Kier alpha value is -1.97. The maximum atomic E-state index is 12.7. The fourth-order valence-corrected chi connectivity index (χ4v) is 5.29. The van der Waals surface area contributed by atoms with E-state index in [1.165, 1.54) is 16.4 Å². The number of carbonyl (C=O) groups excluding carboxylic acids is 1. The topological polar surface area (TPSA) is 73.8 Å². The van der Waals surface area contributed by atoms with Crippen LogP contribution in [0.1, 0.15) is 24.2 Å². The van der Waals surface area contributed by atoms with Gasteiger partial charge in [-0.1, -0.05) is 13.8 Å². The lowest BCUT2D eigenvalue weighted by molar-refractivity contribution is 0.0746. The van der Waals surface area contributed by atoms with Crippen molar-refractivity contribution in [2.24, 2.45) is 0 Å². The largest absolute Gasteiger partial charge is 0.345 e. The number of hydrogen-bond acceptors (Lipinski definition) is 6. The van der Waals surface area contributed by atoms with E-state index in [4.69, 9.17) is 0 Å². The molecule has 3 rings (SSSR count). The van der Waals surface area contributed by atoms with Crippen LogP contribution in [0, 0.1) is 0 Å². The summed E-state index contributed by atoms with van der Waals surface area (Å²) in [4.78, 5) is 21.2. The number of thiazole rings is 1. The predicted octanol–water partition coefficient (Wildman–Crippen LogP) is 2.14. The standard InChI is InChI=1S/C18H24N4O3S2/c1-3-22(4-2)27(24,25)16-7-5-15(6-8-16)17(23)20-10-12-21(13-11-20)18-19-9-14-26-18/h5-9,14H,3-4,10-13H2,1-2H3. The lowest BCUT2D eigenvalue weighted by Gasteiger charge is -2.34. The third-order valence-electron chi connectivity index (χ3n) is 4.70. The summed E-state index contributed by atoms with van der Waals surface area (Å²) in [6.07, 6.45) is 1.78. The quantitative estimate of drug-likeness (QED) is 0.732. The molecule has 0 saturated carbocycles. The summed E-state index contributed by atoms with van der Waals surface area (Å²) in [7, 11) is -3.50. The summed E-state index contributed by atoms with van der Waals surface area (Å²) < 4.78 is 26.5. The summed E-state index contributed by atoms with van der Waals surface area (Å²) in [6, 6.07) is 6.25. The summed E-state index contributed by atoms with van der Waals surface area (Å²) in [5.74, 6) is -0.0689. The number of carbonyl (C=O) groups is 1. The van der Waals surface area contributed by atoms with E-state index in [2.05, 4.69) is 9.88 Å². The maximum Gasteiger partial charge on any atom is 0.253 e. The van der Waals surface area contributed by atoms with Crippen molar-refractivity contribution in [3.05, 3.63) is 41.4 Å². The summed E-state index contributed by atoms with van der Waals surface area (Å²) >= 11 is 1.60. The second-order valence-electron chi connectivity index (χ2n) is 6.21. The first kappa shape index (κ1) is 19.8. The molecule has 1 fully saturated rings. The van der Waals surface area contributed by atoms with Crippen LogP contribution >= 0.6 is 11.3 Å². The van der Waals surface area contributed by atoms with E-state index in [1.54, 1.807) is 34.6 Å². The molecule has 0 bridgehead atoms. The fraction of sp³-hybridized carbons (Fsp3) is 0.444. The van der Waals surface area contributed by atoms with E-state index >= 15 is 0 Å². The van der Waals surface area contributed by atoms with Gasteiger partial charge in [0.25, 0.3) is 5.91 Å². The number of sulfonamides is 1. The van der Waals surface area contributed by atoms with Gasteiger partial charge < -0.3 is 9.80 Å². The molecule has 146 valence electrons. The van der Waals surface area contributed by atoms with Crippen molar-refractivity contribution in [3.63, 3.8) is 0 Å². The Morgan fingerprint density at radius 1 is 1.11 bits per heavy atom. The van der Waals surface area contributed by atoms with Gasteiger partial charge in [0.15, 0.2) is 5.13 Å². The summed E-state index contributed by atoms with van der Waals surface area (Å²) in [5.41, 5.74) is 0.510. The summed E-state index contributed by atoms with van der Waals surface area (Å²) in [6.45, 7) is 7.19. The summed E-state index contributed by atoms with van der Waals surface area (Å²) in [5, 5.41) is 2.92. The SMILES string of the molecule is CCN(CC)S(=O)(=O)c1ccc(C(=O)N2CCN(c3nccs3)CC2)cc1. The van der Waals surface area contributed by atoms with E-state index < -0.39 is 10.0 Å². The fourth-order valence-electron chi connectivity index (χ4n) is 3.14. The van der Waals surface area contributed by atoms with Crippen molar-refractivity contribution < 1.29 is 13.2 Å². The van der Waals surface area contributed by atoms with Crippen molar-refractivity contribution >= 4 is 32.4 Å². The smallest absolute Gasteiger partial charge is 0.253 e. The van der Waals surface area contributed by atoms with Crippen molar-refractivity contribution in [2.45, 2.75) is 18.7 Å². The third kappa shape index (κ3) is 4.15. The van der Waals surface area contributed by atoms with E-state index in [0.29, 0.717) is 31.7 Å². The van der Waals surface area contributed by atoms with Gasteiger partial charge in [-0.15, -0.1) is 11.3 Å². The van der Waals surface area contributed by atoms with Gasteiger partial charge in [0, 0.05) is 56.4 Å². The number of rotatable bonds is 6. The minimum Gasteiger partial charge on any atom is -0.345 e. The Balaban J connectivity index is 1.66. The minimum atomic E-state index is -3.50. The van der Waals surface area contributed by atoms with E-state index in [-0.39, 0.29) is 10.8 Å². The number of piperazine rings is 1. The number of amides is 1. The molecule has 2 heterocycles. The van der Waals surface area contributed by atoms with Gasteiger partial charge in [0.1, 0.15) is 0 Å². The van der Waals surface area contributed by atoms with Gasteiger partial charge in [-0.05, 0) is 24.3 Å². The average Bonchev–Trinajstić information content (AvgIpc) is 3.23. The normalized spacial score (nSPS) is 15.4. The highest BCUT2D eigenvalue weighted by Gasteiger charge is 2.25. The molecule has 0 aliphatic carbocycles. The molecule has 0 unspecified atom stereocenters. The number of aromatic nitrogens is 1. The van der Waals surface area contributed by atoms with Gasteiger partial charge >= 0.3 is 0 Å². The molecular weight excluding hydrogens is 384 g/mol. The van der Waals surface area contributed by atoms with Crippen LogP contribution in [0.5, 0.6) is 0 Å². The van der Waals surface area contributed by atoms with E-state index in [0.717, 1.165) is 18.2 Å². The van der Waals surface area contributed by atoms with Gasteiger partial charge in [0.2, 0.25) is 10.0 Å². The lowest BCUT2D eigenvalue weighted by atomic mass is 10.2. The number of benzene rings is 1. The average molecular weight is 409 g/mol. The Kier molecular flexibility index (Phi) is 6.13.